The van der Waals surface area contributed by atoms with E-state index >= 15 is 0 Å². The summed E-state index contributed by atoms with van der Waals surface area (Å²) in [6.07, 6.45) is 2.26. The van der Waals surface area contributed by atoms with Gasteiger partial charge in [0.05, 0.1) is 13.5 Å². The second-order valence-electron chi connectivity index (χ2n) is 4.14. The third kappa shape index (κ3) is 3.86. The van der Waals surface area contributed by atoms with Crippen LogP contribution in [0.3, 0.4) is 0 Å². The molecule has 0 radical (unpaired) electrons. The zero-order valence-corrected chi connectivity index (χ0v) is 11.3. The van der Waals surface area contributed by atoms with E-state index in [2.05, 4.69) is 15.1 Å². The maximum atomic E-state index is 11.4. The van der Waals surface area contributed by atoms with Crippen molar-refractivity contribution in [3.8, 4) is 5.88 Å². The lowest BCUT2D eigenvalue weighted by Gasteiger charge is -1.99. The van der Waals surface area contributed by atoms with Gasteiger partial charge < -0.3 is 14.0 Å². The van der Waals surface area contributed by atoms with Crippen LogP contribution in [-0.2, 0) is 22.4 Å². The van der Waals surface area contributed by atoms with Crippen LogP contribution in [-0.4, -0.2) is 41.7 Å². The standard InChI is InChI=1S/C13H15N3O4/c1-18-8-10(17)6-13-15-11(16-20-13)5-9-3-4-12(19-2)14-7-9/h3-4,7H,5-6,8H2,1-2H3. The number of pyridine rings is 1. The van der Waals surface area contributed by atoms with Crippen molar-refractivity contribution in [2.24, 2.45) is 0 Å². The predicted molar refractivity (Wildman–Crippen MR) is 68.5 cm³/mol. The summed E-state index contributed by atoms with van der Waals surface area (Å²) in [5.74, 6) is 1.25. The van der Waals surface area contributed by atoms with E-state index in [1.807, 2.05) is 6.07 Å². The Labute approximate surface area is 115 Å². The highest BCUT2D eigenvalue weighted by atomic mass is 16.5. The Kier molecular flexibility index (Phi) is 4.78. The molecule has 2 heterocycles. The Hall–Kier alpha value is -2.28. The van der Waals surface area contributed by atoms with Crippen molar-refractivity contribution >= 4 is 5.78 Å². The van der Waals surface area contributed by atoms with Crippen molar-refractivity contribution in [2.75, 3.05) is 20.8 Å². The molecule has 20 heavy (non-hydrogen) atoms. The maximum absolute atomic E-state index is 11.4. The van der Waals surface area contributed by atoms with E-state index in [0.717, 1.165) is 5.56 Å². The minimum absolute atomic E-state index is 0.0418. The maximum Gasteiger partial charge on any atom is 0.234 e. The summed E-state index contributed by atoms with van der Waals surface area (Å²) in [6.45, 7) is 0.0418. The molecular weight excluding hydrogens is 262 g/mol. The molecule has 0 spiro atoms. The van der Waals surface area contributed by atoms with Crippen molar-refractivity contribution in [1.29, 1.82) is 0 Å². The van der Waals surface area contributed by atoms with Gasteiger partial charge in [-0.1, -0.05) is 11.2 Å². The number of rotatable bonds is 7. The average Bonchev–Trinajstić information content (AvgIpc) is 2.87. The molecule has 0 aromatic carbocycles. The molecule has 0 amide bonds. The van der Waals surface area contributed by atoms with Crippen molar-refractivity contribution in [3.05, 3.63) is 35.6 Å². The third-order valence-electron chi connectivity index (χ3n) is 2.53. The van der Waals surface area contributed by atoms with Crippen LogP contribution in [0.1, 0.15) is 17.3 Å². The van der Waals surface area contributed by atoms with Gasteiger partial charge in [-0.25, -0.2) is 4.98 Å². The lowest BCUT2D eigenvalue weighted by Crippen LogP contribution is -2.09. The quantitative estimate of drug-likeness (QED) is 0.740. The first-order valence-electron chi connectivity index (χ1n) is 6.02. The molecule has 0 saturated heterocycles. The first-order valence-corrected chi connectivity index (χ1v) is 6.02. The number of hydrogen-bond donors (Lipinski definition) is 0. The van der Waals surface area contributed by atoms with Gasteiger partial charge >= 0.3 is 0 Å². The smallest absolute Gasteiger partial charge is 0.234 e. The summed E-state index contributed by atoms with van der Waals surface area (Å²) in [7, 11) is 3.03. The number of nitrogens with zero attached hydrogens (tertiary/aromatic N) is 3. The average molecular weight is 277 g/mol. The summed E-state index contributed by atoms with van der Waals surface area (Å²) in [5, 5.41) is 3.83. The normalized spacial score (nSPS) is 10.5. The highest BCUT2D eigenvalue weighted by molar-refractivity contribution is 5.81. The van der Waals surface area contributed by atoms with Crippen LogP contribution in [0.15, 0.2) is 22.9 Å². The van der Waals surface area contributed by atoms with Crippen LogP contribution in [0.5, 0.6) is 5.88 Å². The number of methoxy groups -OCH3 is 2. The SMILES string of the molecule is COCC(=O)Cc1nc(Cc2ccc(OC)nc2)no1. The van der Waals surface area contributed by atoms with Gasteiger partial charge in [0, 0.05) is 25.8 Å². The van der Waals surface area contributed by atoms with Crippen molar-refractivity contribution in [2.45, 2.75) is 12.8 Å². The number of ether oxygens (including phenoxy) is 2. The Balaban J connectivity index is 1.96. The summed E-state index contributed by atoms with van der Waals surface area (Å²) in [4.78, 5) is 19.6. The Bertz CT molecular complexity index is 565. The summed E-state index contributed by atoms with van der Waals surface area (Å²) >= 11 is 0. The van der Waals surface area contributed by atoms with Gasteiger partial charge in [-0.2, -0.15) is 4.98 Å². The van der Waals surface area contributed by atoms with Crippen molar-refractivity contribution in [1.82, 2.24) is 15.1 Å². The molecule has 7 nitrogen and oxygen atoms in total. The van der Waals surface area contributed by atoms with Gasteiger partial charge in [-0.15, -0.1) is 0 Å². The number of Topliss-reactive ketones (excluding diaryl/α,β-unsaturated/α-hetero) is 1. The van der Waals surface area contributed by atoms with Crippen molar-refractivity contribution < 1.29 is 18.8 Å². The lowest BCUT2D eigenvalue weighted by molar-refractivity contribution is -0.122. The molecule has 0 aliphatic rings. The van der Waals surface area contributed by atoms with E-state index in [-0.39, 0.29) is 18.8 Å². The molecule has 0 bridgehead atoms. The first-order chi connectivity index (χ1) is 9.71. The highest BCUT2D eigenvalue weighted by Gasteiger charge is 2.11. The van der Waals surface area contributed by atoms with E-state index in [1.165, 1.54) is 7.11 Å². The lowest BCUT2D eigenvalue weighted by atomic mass is 10.2. The van der Waals surface area contributed by atoms with Crippen molar-refractivity contribution in [3.63, 3.8) is 0 Å². The summed E-state index contributed by atoms with van der Waals surface area (Å²) < 4.78 is 14.7. The molecular formula is C13H15N3O4. The van der Waals surface area contributed by atoms with E-state index in [0.29, 0.717) is 24.0 Å². The Morgan fingerprint density at radius 2 is 2.20 bits per heavy atom. The molecule has 7 heteroatoms. The van der Waals surface area contributed by atoms with Gasteiger partial charge in [-0.05, 0) is 5.56 Å². The molecule has 0 saturated carbocycles. The number of carbonyl (C=O) groups excluding carboxylic acids is 1. The Morgan fingerprint density at radius 3 is 2.85 bits per heavy atom. The molecule has 106 valence electrons. The molecule has 0 aliphatic carbocycles. The van der Waals surface area contributed by atoms with Gasteiger partial charge in [-0.3, -0.25) is 4.79 Å². The monoisotopic (exact) mass is 277 g/mol. The van der Waals surface area contributed by atoms with Crippen LogP contribution in [0.25, 0.3) is 0 Å². The summed E-state index contributed by atoms with van der Waals surface area (Å²) in [6, 6.07) is 3.64. The molecule has 0 atom stereocenters. The second kappa shape index (κ2) is 6.76. The summed E-state index contributed by atoms with van der Waals surface area (Å²) in [5.41, 5.74) is 0.932. The van der Waals surface area contributed by atoms with E-state index in [4.69, 9.17) is 14.0 Å². The fourth-order valence-corrected chi connectivity index (χ4v) is 1.63. The van der Waals surface area contributed by atoms with E-state index in [1.54, 1.807) is 19.4 Å². The third-order valence-corrected chi connectivity index (χ3v) is 2.53. The largest absolute Gasteiger partial charge is 0.481 e. The number of carbonyl (C=O) groups is 1. The molecule has 0 N–H and O–H groups in total. The fourth-order valence-electron chi connectivity index (χ4n) is 1.63. The highest BCUT2D eigenvalue weighted by Crippen LogP contribution is 2.10. The number of ketones is 1. The minimum Gasteiger partial charge on any atom is -0.481 e. The van der Waals surface area contributed by atoms with E-state index in [9.17, 15) is 4.79 Å². The predicted octanol–water partition coefficient (Wildman–Crippen LogP) is 0.822. The van der Waals surface area contributed by atoms with Gasteiger partial charge in [0.15, 0.2) is 11.6 Å². The Morgan fingerprint density at radius 1 is 1.35 bits per heavy atom. The minimum atomic E-state index is -0.103. The number of hydrogen-bond acceptors (Lipinski definition) is 7. The van der Waals surface area contributed by atoms with Crippen LogP contribution in [0, 0.1) is 0 Å². The van der Waals surface area contributed by atoms with Gasteiger partial charge in [0.2, 0.25) is 11.8 Å². The number of aromatic nitrogens is 3. The molecule has 0 fully saturated rings. The van der Waals surface area contributed by atoms with Gasteiger partial charge in [0.25, 0.3) is 0 Å². The zero-order valence-electron chi connectivity index (χ0n) is 11.3. The van der Waals surface area contributed by atoms with Crippen LogP contribution >= 0.6 is 0 Å². The molecule has 2 rings (SSSR count). The fraction of sp³-hybridized carbons (Fsp3) is 0.385. The van der Waals surface area contributed by atoms with E-state index < -0.39 is 0 Å². The van der Waals surface area contributed by atoms with Crippen LogP contribution < -0.4 is 4.74 Å². The molecule has 0 unspecified atom stereocenters. The first kappa shape index (κ1) is 14.1. The second-order valence-corrected chi connectivity index (χ2v) is 4.14. The topological polar surface area (TPSA) is 87.3 Å². The zero-order chi connectivity index (χ0) is 14.4. The molecule has 2 aromatic heterocycles. The van der Waals surface area contributed by atoms with Crippen LogP contribution in [0.2, 0.25) is 0 Å². The van der Waals surface area contributed by atoms with Gasteiger partial charge in [0.1, 0.15) is 6.61 Å². The molecule has 2 aromatic rings. The molecule has 0 aliphatic heterocycles. The van der Waals surface area contributed by atoms with Crippen LogP contribution in [0.4, 0.5) is 0 Å².